The maximum atomic E-state index is 13.0. The van der Waals surface area contributed by atoms with E-state index in [9.17, 15) is 29.1 Å². The van der Waals surface area contributed by atoms with Crippen LogP contribution in [0.1, 0.15) is 53.4 Å². The molecule has 0 radical (unpaired) electrons. The molecule has 0 rings (SSSR count). The Morgan fingerprint density at radius 2 is 1.41 bits per heavy atom. The van der Waals surface area contributed by atoms with Crippen molar-refractivity contribution in [2.24, 2.45) is 17.4 Å². The summed E-state index contributed by atoms with van der Waals surface area (Å²) in [5, 5.41) is 28.0. The van der Waals surface area contributed by atoms with Crippen LogP contribution in [-0.4, -0.2) is 83.2 Å². The summed E-state index contributed by atoms with van der Waals surface area (Å²) in [6, 6.07) is -4.28. The molecule has 13 nitrogen and oxygen atoms in total. The first-order valence-corrected chi connectivity index (χ1v) is 11.3. The first-order valence-electron chi connectivity index (χ1n) is 11.3. The molecule has 5 atom stereocenters. The van der Waals surface area contributed by atoms with Crippen LogP contribution >= 0.6 is 0 Å². The van der Waals surface area contributed by atoms with Gasteiger partial charge in [0.2, 0.25) is 23.6 Å². The van der Waals surface area contributed by atoms with Crippen LogP contribution in [0, 0.1) is 5.92 Å². The zero-order valence-corrected chi connectivity index (χ0v) is 20.3. The summed E-state index contributed by atoms with van der Waals surface area (Å²) < 4.78 is 0. The number of hydrogen-bond donors (Lipinski definition) is 8. The van der Waals surface area contributed by atoms with E-state index in [4.69, 9.17) is 16.6 Å². The first-order chi connectivity index (χ1) is 15.8. The molecular formula is C21H40N6O7. The van der Waals surface area contributed by atoms with Gasteiger partial charge in [-0.25, -0.2) is 0 Å². The summed E-state index contributed by atoms with van der Waals surface area (Å²) in [6.07, 6.45) is 0.503. The minimum Gasteiger partial charge on any atom is -0.480 e. The highest BCUT2D eigenvalue weighted by Crippen LogP contribution is 2.08. The van der Waals surface area contributed by atoms with Crippen molar-refractivity contribution in [3.8, 4) is 0 Å². The average molecular weight is 489 g/mol. The second-order valence-electron chi connectivity index (χ2n) is 8.64. The molecule has 34 heavy (non-hydrogen) atoms. The molecule has 0 saturated carbocycles. The fraction of sp³-hybridized carbons (Fsp3) is 0.762. The van der Waals surface area contributed by atoms with E-state index in [-0.39, 0.29) is 18.8 Å². The van der Waals surface area contributed by atoms with Gasteiger partial charge in [0, 0.05) is 0 Å². The van der Waals surface area contributed by atoms with Gasteiger partial charge in [0.1, 0.15) is 30.7 Å². The van der Waals surface area contributed by atoms with Crippen molar-refractivity contribution in [2.75, 3.05) is 13.1 Å². The van der Waals surface area contributed by atoms with Crippen LogP contribution in [0.4, 0.5) is 0 Å². The zero-order chi connectivity index (χ0) is 26.4. The zero-order valence-electron chi connectivity index (χ0n) is 20.3. The number of carbonyl (C=O) groups excluding carboxylic acids is 4. The molecule has 0 aliphatic carbocycles. The van der Waals surface area contributed by atoms with E-state index in [1.807, 2.05) is 13.8 Å². The fourth-order valence-corrected chi connectivity index (χ4v) is 2.91. The number of aliphatic hydroxyl groups is 1. The number of carbonyl (C=O) groups is 5. The third-order valence-corrected chi connectivity index (χ3v) is 4.91. The Morgan fingerprint density at radius 3 is 1.91 bits per heavy atom. The normalized spacial score (nSPS) is 15.4. The molecule has 0 saturated heterocycles. The molecule has 0 spiro atoms. The molecule has 4 amide bonds. The van der Waals surface area contributed by atoms with E-state index in [0.29, 0.717) is 19.4 Å². The summed E-state index contributed by atoms with van der Waals surface area (Å²) in [7, 11) is 0. The topological polar surface area (TPSA) is 226 Å². The lowest BCUT2D eigenvalue weighted by Gasteiger charge is -2.26. The van der Waals surface area contributed by atoms with Crippen molar-refractivity contribution in [2.45, 2.75) is 83.6 Å². The first kappa shape index (κ1) is 31.2. The Balaban J connectivity index is 5.32. The fourth-order valence-electron chi connectivity index (χ4n) is 2.91. The average Bonchev–Trinajstić information content (AvgIpc) is 2.74. The Labute approximate surface area is 199 Å². The van der Waals surface area contributed by atoms with Gasteiger partial charge in [-0.15, -0.1) is 0 Å². The number of carboxylic acid groups (broad SMARTS) is 1. The highest BCUT2D eigenvalue weighted by molar-refractivity contribution is 5.95. The molecular weight excluding hydrogens is 448 g/mol. The van der Waals surface area contributed by atoms with Crippen molar-refractivity contribution in [1.82, 2.24) is 21.3 Å². The number of amides is 4. The number of nitrogens with two attached hydrogens (primary N) is 2. The van der Waals surface area contributed by atoms with Crippen LogP contribution < -0.4 is 32.7 Å². The molecule has 10 N–H and O–H groups in total. The van der Waals surface area contributed by atoms with Crippen LogP contribution in [-0.2, 0) is 24.0 Å². The number of unbranched alkanes of at least 4 members (excludes halogenated alkanes) is 1. The number of hydrogen-bond acceptors (Lipinski definition) is 8. The highest BCUT2D eigenvalue weighted by atomic mass is 16.4. The van der Waals surface area contributed by atoms with Crippen LogP contribution in [0.2, 0.25) is 0 Å². The Kier molecular flexibility index (Phi) is 14.7. The second-order valence-corrected chi connectivity index (χ2v) is 8.64. The quantitative estimate of drug-likeness (QED) is 0.108. The number of aliphatic carboxylic acids is 1. The van der Waals surface area contributed by atoms with Crippen molar-refractivity contribution < 1.29 is 34.2 Å². The molecule has 0 bridgehead atoms. The van der Waals surface area contributed by atoms with Crippen molar-refractivity contribution in [1.29, 1.82) is 0 Å². The van der Waals surface area contributed by atoms with E-state index >= 15 is 0 Å². The molecule has 0 aliphatic rings. The summed E-state index contributed by atoms with van der Waals surface area (Å²) >= 11 is 0. The van der Waals surface area contributed by atoms with Gasteiger partial charge in [-0.05, 0) is 52.0 Å². The van der Waals surface area contributed by atoms with E-state index in [2.05, 4.69) is 21.3 Å². The Bertz CT molecular complexity index is 701. The number of nitrogens with one attached hydrogen (secondary N) is 4. The van der Waals surface area contributed by atoms with Crippen LogP contribution in [0.3, 0.4) is 0 Å². The third kappa shape index (κ3) is 12.5. The second kappa shape index (κ2) is 16.0. The smallest absolute Gasteiger partial charge is 0.322 e. The molecule has 0 aromatic heterocycles. The van der Waals surface area contributed by atoms with Crippen molar-refractivity contribution >= 4 is 29.6 Å². The summed E-state index contributed by atoms with van der Waals surface area (Å²) in [5.41, 5.74) is 11.0. The summed E-state index contributed by atoms with van der Waals surface area (Å²) in [5.74, 6) is -3.88. The molecule has 196 valence electrons. The molecule has 0 unspecified atom stereocenters. The van der Waals surface area contributed by atoms with Gasteiger partial charge in [-0.1, -0.05) is 13.8 Å². The highest BCUT2D eigenvalue weighted by Gasteiger charge is 2.29. The number of aliphatic hydroxyl groups excluding tert-OH is 1. The lowest BCUT2D eigenvalue weighted by Crippen LogP contribution is -2.58. The molecule has 0 aromatic carbocycles. The SMILES string of the molecule is CC(C)C[C@H](NC(=O)[C@H](C)NC(=O)[C@@H](N)[C@@H](C)O)C(=O)N[C@@H](CCCCN)C(=O)NCC(=O)O. The van der Waals surface area contributed by atoms with E-state index < -0.39 is 66.4 Å². The maximum Gasteiger partial charge on any atom is 0.322 e. The van der Waals surface area contributed by atoms with Gasteiger partial charge in [0.15, 0.2) is 0 Å². The van der Waals surface area contributed by atoms with Gasteiger partial charge in [0.05, 0.1) is 6.10 Å². The molecule has 0 fully saturated rings. The predicted octanol–water partition coefficient (Wildman–Crippen LogP) is -2.46. The largest absolute Gasteiger partial charge is 0.480 e. The lowest BCUT2D eigenvalue weighted by atomic mass is 10.0. The van der Waals surface area contributed by atoms with Crippen molar-refractivity contribution in [3.05, 3.63) is 0 Å². The predicted molar refractivity (Wildman–Crippen MR) is 124 cm³/mol. The van der Waals surface area contributed by atoms with E-state index in [1.54, 1.807) is 0 Å². The van der Waals surface area contributed by atoms with Gasteiger partial charge in [-0.3, -0.25) is 24.0 Å². The van der Waals surface area contributed by atoms with E-state index in [0.717, 1.165) is 0 Å². The van der Waals surface area contributed by atoms with Gasteiger partial charge < -0.3 is 42.9 Å². The number of carboxylic acids is 1. The van der Waals surface area contributed by atoms with Gasteiger partial charge >= 0.3 is 5.97 Å². The lowest BCUT2D eigenvalue weighted by molar-refractivity contribution is -0.138. The number of rotatable bonds is 16. The van der Waals surface area contributed by atoms with Crippen LogP contribution in [0.15, 0.2) is 0 Å². The molecule has 0 aromatic rings. The standard InChI is InChI=1S/C21H40N6O7/c1-11(2)9-15(27-18(31)12(3)25-21(34)17(23)13(4)28)20(33)26-14(7-5-6-8-22)19(32)24-10-16(29)30/h11-15,17,28H,5-10,22-23H2,1-4H3,(H,24,32)(H,25,34)(H,26,33)(H,27,31)(H,29,30)/t12-,13+,14-,15-,17-/m0/s1. The van der Waals surface area contributed by atoms with Gasteiger partial charge in [0.25, 0.3) is 0 Å². The van der Waals surface area contributed by atoms with Crippen LogP contribution in [0.25, 0.3) is 0 Å². The Morgan fingerprint density at radius 1 is 0.824 bits per heavy atom. The molecule has 0 aliphatic heterocycles. The monoisotopic (exact) mass is 488 g/mol. The minimum absolute atomic E-state index is 0.00105. The minimum atomic E-state index is -1.23. The molecule has 13 heteroatoms. The molecule has 0 heterocycles. The van der Waals surface area contributed by atoms with E-state index in [1.165, 1.54) is 13.8 Å². The van der Waals surface area contributed by atoms with Gasteiger partial charge in [-0.2, -0.15) is 0 Å². The summed E-state index contributed by atoms with van der Waals surface area (Å²) in [6.45, 7) is 6.23. The summed E-state index contributed by atoms with van der Waals surface area (Å²) in [4.78, 5) is 60.7. The van der Waals surface area contributed by atoms with Crippen LogP contribution in [0.5, 0.6) is 0 Å². The third-order valence-electron chi connectivity index (χ3n) is 4.91. The van der Waals surface area contributed by atoms with Crippen molar-refractivity contribution in [3.63, 3.8) is 0 Å². The maximum absolute atomic E-state index is 13.0. The Hall–Kier alpha value is -2.77.